The first-order chi connectivity index (χ1) is 6.27. The molecule has 0 spiro atoms. The molecular formula is C12H14ClN. The zero-order valence-electron chi connectivity index (χ0n) is 8.40. The summed E-state index contributed by atoms with van der Waals surface area (Å²) in [6, 6.07) is 14.9. The number of anilines is 1. The molecule has 0 unspecified atom stereocenters. The summed E-state index contributed by atoms with van der Waals surface area (Å²) in [5.41, 5.74) is 1.25. The molecule has 0 aliphatic heterocycles. The molecular weight excluding hydrogens is 194 g/mol. The van der Waals surface area contributed by atoms with Gasteiger partial charge in [0.05, 0.1) is 0 Å². The molecule has 0 aromatic heterocycles. The Morgan fingerprint density at radius 1 is 0.857 bits per heavy atom. The molecule has 2 heteroatoms. The van der Waals surface area contributed by atoms with Crippen LogP contribution in [0.5, 0.6) is 0 Å². The summed E-state index contributed by atoms with van der Waals surface area (Å²) in [7, 11) is 4.12. The Labute approximate surface area is 90.8 Å². The van der Waals surface area contributed by atoms with E-state index in [0.717, 1.165) is 0 Å². The number of rotatable bonds is 1. The molecule has 0 radical (unpaired) electrons. The molecule has 0 heterocycles. The van der Waals surface area contributed by atoms with Crippen LogP contribution in [0.1, 0.15) is 0 Å². The second kappa shape index (κ2) is 4.34. The van der Waals surface area contributed by atoms with Crippen molar-refractivity contribution < 1.29 is 0 Å². The third kappa shape index (κ3) is 1.99. The van der Waals surface area contributed by atoms with E-state index in [9.17, 15) is 0 Å². The Morgan fingerprint density at radius 2 is 1.50 bits per heavy atom. The Bertz CT molecular complexity index is 423. The Kier molecular flexibility index (Phi) is 3.37. The van der Waals surface area contributed by atoms with E-state index in [2.05, 4.69) is 61.5 Å². The van der Waals surface area contributed by atoms with Crippen molar-refractivity contribution in [3.05, 3.63) is 42.5 Å². The van der Waals surface area contributed by atoms with Gasteiger partial charge in [-0.3, -0.25) is 0 Å². The van der Waals surface area contributed by atoms with Gasteiger partial charge in [0.1, 0.15) is 0 Å². The SMILES string of the molecule is CN(C)c1ccc2ccccc2c1.Cl. The molecule has 0 N–H and O–H groups in total. The Hall–Kier alpha value is -1.21. The Morgan fingerprint density at radius 3 is 2.14 bits per heavy atom. The maximum absolute atomic E-state index is 2.20. The third-order valence-electron chi connectivity index (χ3n) is 2.25. The minimum absolute atomic E-state index is 0. The number of nitrogens with zero attached hydrogens (tertiary/aromatic N) is 1. The molecule has 74 valence electrons. The third-order valence-corrected chi connectivity index (χ3v) is 2.25. The smallest absolute Gasteiger partial charge is 0.0367 e. The van der Waals surface area contributed by atoms with Crippen LogP contribution in [0, 0.1) is 0 Å². The molecule has 0 aliphatic rings. The molecule has 2 aromatic carbocycles. The van der Waals surface area contributed by atoms with Crippen molar-refractivity contribution in [3.8, 4) is 0 Å². The van der Waals surface area contributed by atoms with Crippen LogP contribution >= 0.6 is 12.4 Å². The van der Waals surface area contributed by atoms with E-state index in [1.807, 2.05) is 0 Å². The van der Waals surface area contributed by atoms with Gasteiger partial charge in [0.25, 0.3) is 0 Å². The minimum Gasteiger partial charge on any atom is -0.378 e. The molecule has 1 nitrogen and oxygen atoms in total. The number of halogens is 1. The molecule has 0 saturated carbocycles. The maximum Gasteiger partial charge on any atom is 0.0367 e. The normalized spacial score (nSPS) is 9.57. The minimum atomic E-state index is 0. The lowest BCUT2D eigenvalue weighted by Gasteiger charge is -2.12. The van der Waals surface area contributed by atoms with Crippen molar-refractivity contribution in [2.24, 2.45) is 0 Å². The average molecular weight is 208 g/mol. The zero-order valence-corrected chi connectivity index (χ0v) is 9.21. The topological polar surface area (TPSA) is 3.24 Å². The first-order valence-electron chi connectivity index (χ1n) is 4.43. The fourth-order valence-electron chi connectivity index (χ4n) is 1.45. The van der Waals surface area contributed by atoms with Gasteiger partial charge in [-0.25, -0.2) is 0 Å². The lowest BCUT2D eigenvalue weighted by atomic mass is 10.1. The van der Waals surface area contributed by atoms with Crippen molar-refractivity contribution in [3.63, 3.8) is 0 Å². The summed E-state index contributed by atoms with van der Waals surface area (Å²) in [6.07, 6.45) is 0. The van der Waals surface area contributed by atoms with Crippen molar-refractivity contribution in [2.45, 2.75) is 0 Å². The highest BCUT2D eigenvalue weighted by atomic mass is 35.5. The van der Waals surface area contributed by atoms with Crippen molar-refractivity contribution >= 4 is 28.9 Å². The fraction of sp³-hybridized carbons (Fsp3) is 0.167. The zero-order chi connectivity index (χ0) is 9.26. The summed E-state index contributed by atoms with van der Waals surface area (Å²) in [6.45, 7) is 0. The molecule has 0 amide bonds. The maximum atomic E-state index is 2.20. The van der Waals surface area contributed by atoms with Crippen LogP contribution in [0.4, 0.5) is 5.69 Å². The van der Waals surface area contributed by atoms with Gasteiger partial charge >= 0.3 is 0 Å². The second-order valence-corrected chi connectivity index (χ2v) is 3.43. The van der Waals surface area contributed by atoms with Gasteiger partial charge in [-0.1, -0.05) is 30.3 Å². The number of hydrogen-bond donors (Lipinski definition) is 0. The summed E-state index contributed by atoms with van der Waals surface area (Å²) in [4.78, 5) is 2.12. The van der Waals surface area contributed by atoms with Gasteiger partial charge in [-0.2, -0.15) is 0 Å². The molecule has 2 rings (SSSR count). The van der Waals surface area contributed by atoms with Gasteiger partial charge in [-0.15, -0.1) is 12.4 Å². The van der Waals surface area contributed by atoms with E-state index in [0.29, 0.717) is 0 Å². The molecule has 2 aromatic rings. The van der Waals surface area contributed by atoms with E-state index in [1.54, 1.807) is 0 Å². The predicted octanol–water partition coefficient (Wildman–Crippen LogP) is 3.33. The fourth-order valence-corrected chi connectivity index (χ4v) is 1.45. The van der Waals surface area contributed by atoms with Gasteiger partial charge < -0.3 is 4.90 Å². The summed E-state index contributed by atoms with van der Waals surface area (Å²) in [5, 5.41) is 2.60. The van der Waals surface area contributed by atoms with Crippen LogP contribution in [-0.2, 0) is 0 Å². The quantitative estimate of drug-likeness (QED) is 0.694. The highest BCUT2D eigenvalue weighted by Gasteiger charge is 1.96. The van der Waals surface area contributed by atoms with E-state index < -0.39 is 0 Å². The highest BCUT2D eigenvalue weighted by molar-refractivity contribution is 5.86. The standard InChI is InChI=1S/C12H13N.ClH/c1-13(2)12-8-7-10-5-3-4-6-11(10)9-12;/h3-9H,1-2H3;1H. The average Bonchev–Trinajstić information content (AvgIpc) is 2.17. The van der Waals surface area contributed by atoms with E-state index in [-0.39, 0.29) is 12.4 Å². The van der Waals surface area contributed by atoms with E-state index in [4.69, 9.17) is 0 Å². The van der Waals surface area contributed by atoms with E-state index in [1.165, 1.54) is 16.5 Å². The molecule has 0 aliphatic carbocycles. The largest absolute Gasteiger partial charge is 0.378 e. The first kappa shape index (κ1) is 10.9. The number of hydrogen-bond acceptors (Lipinski definition) is 1. The Balaban J connectivity index is 0.000000980. The van der Waals surface area contributed by atoms with Crippen LogP contribution in [-0.4, -0.2) is 14.1 Å². The predicted molar refractivity (Wildman–Crippen MR) is 65.5 cm³/mol. The van der Waals surface area contributed by atoms with Gasteiger partial charge in [0.2, 0.25) is 0 Å². The van der Waals surface area contributed by atoms with Gasteiger partial charge in [-0.05, 0) is 22.9 Å². The summed E-state index contributed by atoms with van der Waals surface area (Å²) in [5.74, 6) is 0. The van der Waals surface area contributed by atoms with E-state index >= 15 is 0 Å². The molecule has 14 heavy (non-hydrogen) atoms. The van der Waals surface area contributed by atoms with Crippen molar-refractivity contribution in [2.75, 3.05) is 19.0 Å². The van der Waals surface area contributed by atoms with Gasteiger partial charge in [0.15, 0.2) is 0 Å². The lowest BCUT2D eigenvalue weighted by molar-refractivity contribution is 1.14. The first-order valence-corrected chi connectivity index (χ1v) is 4.43. The monoisotopic (exact) mass is 207 g/mol. The van der Waals surface area contributed by atoms with Crippen LogP contribution < -0.4 is 4.90 Å². The lowest BCUT2D eigenvalue weighted by Crippen LogP contribution is -2.07. The molecule has 0 bridgehead atoms. The van der Waals surface area contributed by atoms with Crippen molar-refractivity contribution in [1.82, 2.24) is 0 Å². The van der Waals surface area contributed by atoms with Gasteiger partial charge in [0, 0.05) is 19.8 Å². The second-order valence-electron chi connectivity index (χ2n) is 3.43. The molecule has 0 atom stereocenters. The van der Waals surface area contributed by atoms with Crippen LogP contribution in [0.25, 0.3) is 10.8 Å². The summed E-state index contributed by atoms with van der Waals surface area (Å²) >= 11 is 0. The van der Waals surface area contributed by atoms with Crippen LogP contribution in [0.15, 0.2) is 42.5 Å². The highest BCUT2D eigenvalue weighted by Crippen LogP contribution is 2.20. The van der Waals surface area contributed by atoms with Crippen LogP contribution in [0.3, 0.4) is 0 Å². The number of benzene rings is 2. The number of fused-ring (bicyclic) bond motifs is 1. The molecule has 0 fully saturated rings. The van der Waals surface area contributed by atoms with Crippen molar-refractivity contribution in [1.29, 1.82) is 0 Å². The summed E-state index contributed by atoms with van der Waals surface area (Å²) < 4.78 is 0. The van der Waals surface area contributed by atoms with Crippen LogP contribution in [0.2, 0.25) is 0 Å². The molecule has 0 saturated heterocycles.